The molecule has 1 unspecified atom stereocenters. The maximum atomic E-state index is 10.5. The monoisotopic (exact) mass is 216 g/mol. The Hall–Kier alpha value is -1.26. The Morgan fingerprint density at radius 3 is 2.57 bits per heavy atom. The summed E-state index contributed by atoms with van der Waals surface area (Å²) in [5, 5.41) is 27.3. The van der Waals surface area contributed by atoms with Gasteiger partial charge in [-0.15, -0.1) is 0 Å². The Balaban J connectivity index is 3.32. The number of aromatic hydroxyl groups is 1. The molecule has 0 saturated carbocycles. The first-order chi connectivity index (χ1) is 6.45. The fourth-order valence-corrected chi connectivity index (χ4v) is 1.33. The summed E-state index contributed by atoms with van der Waals surface area (Å²) in [4.78, 5) is 10.5. The lowest BCUT2D eigenvalue weighted by Gasteiger charge is -2.11. The van der Waals surface area contributed by atoms with Crippen LogP contribution in [0.15, 0.2) is 12.1 Å². The molecular weight excluding hydrogens is 208 g/mol. The molecule has 0 amide bonds. The van der Waals surface area contributed by atoms with E-state index in [0.717, 1.165) is 0 Å². The lowest BCUT2D eigenvalue weighted by atomic mass is 10.0. The zero-order valence-corrected chi connectivity index (χ0v) is 8.12. The largest absolute Gasteiger partial charge is 0.507 e. The molecule has 1 rings (SSSR count). The highest BCUT2D eigenvalue weighted by molar-refractivity contribution is 6.31. The maximum absolute atomic E-state index is 10.5. The predicted molar refractivity (Wildman–Crippen MR) is 50.4 cm³/mol. The Morgan fingerprint density at radius 1 is 1.50 bits per heavy atom. The molecule has 0 aliphatic heterocycles. The van der Waals surface area contributed by atoms with Crippen LogP contribution in [0.3, 0.4) is 0 Å². The number of aliphatic hydroxyl groups excluding tert-OH is 1. The first-order valence-electron chi connectivity index (χ1n) is 3.84. The standard InChI is InChI=1S/C9H9ClO4/c1-4-2-3-5(10)6(7(4)11)8(12)9(13)14/h2-3,8,11-12H,1H3,(H,13,14). The number of benzene rings is 1. The molecule has 0 aliphatic carbocycles. The van der Waals surface area contributed by atoms with Crippen LogP contribution < -0.4 is 0 Å². The minimum absolute atomic E-state index is 0.0306. The maximum Gasteiger partial charge on any atom is 0.337 e. The Kier molecular flexibility index (Phi) is 2.98. The summed E-state index contributed by atoms with van der Waals surface area (Å²) in [7, 11) is 0. The molecule has 0 spiro atoms. The van der Waals surface area contributed by atoms with Crippen molar-refractivity contribution in [3.8, 4) is 5.75 Å². The van der Waals surface area contributed by atoms with Crippen LogP contribution in [-0.2, 0) is 4.79 Å². The van der Waals surface area contributed by atoms with Gasteiger partial charge in [-0.3, -0.25) is 0 Å². The Morgan fingerprint density at radius 2 is 2.07 bits per heavy atom. The van der Waals surface area contributed by atoms with Crippen LogP contribution in [-0.4, -0.2) is 21.3 Å². The highest BCUT2D eigenvalue weighted by Gasteiger charge is 2.23. The van der Waals surface area contributed by atoms with Gasteiger partial charge in [-0.2, -0.15) is 0 Å². The molecule has 4 nitrogen and oxygen atoms in total. The molecule has 1 atom stereocenters. The number of phenols is 1. The van der Waals surface area contributed by atoms with Crippen molar-refractivity contribution in [2.45, 2.75) is 13.0 Å². The van der Waals surface area contributed by atoms with Crippen LogP contribution in [0.2, 0.25) is 5.02 Å². The molecule has 1 aromatic rings. The molecule has 0 fully saturated rings. The second-order valence-electron chi connectivity index (χ2n) is 2.87. The summed E-state index contributed by atoms with van der Waals surface area (Å²) < 4.78 is 0. The van der Waals surface area contributed by atoms with Gasteiger partial charge in [0, 0.05) is 0 Å². The van der Waals surface area contributed by atoms with Gasteiger partial charge >= 0.3 is 5.97 Å². The number of hydrogen-bond acceptors (Lipinski definition) is 3. The van der Waals surface area contributed by atoms with Gasteiger partial charge in [0.2, 0.25) is 0 Å². The fraction of sp³-hybridized carbons (Fsp3) is 0.222. The third kappa shape index (κ3) is 1.81. The average molecular weight is 217 g/mol. The average Bonchev–Trinajstić information content (AvgIpc) is 2.12. The van der Waals surface area contributed by atoms with E-state index in [2.05, 4.69) is 0 Å². The zero-order chi connectivity index (χ0) is 10.9. The molecule has 14 heavy (non-hydrogen) atoms. The van der Waals surface area contributed by atoms with Gasteiger partial charge in [0.05, 0.1) is 10.6 Å². The normalized spacial score (nSPS) is 12.5. The molecule has 5 heteroatoms. The van der Waals surface area contributed by atoms with Crippen LogP contribution in [0.25, 0.3) is 0 Å². The van der Waals surface area contributed by atoms with Crippen molar-refractivity contribution in [1.29, 1.82) is 0 Å². The van der Waals surface area contributed by atoms with Crippen molar-refractivity contribution in [1.82, 2.24) is 0 Å². The smallest absolute Gasteiger partial charge is 0.337 e. The van der Waals surface area contributed by atoms with Crippen molar-refractivity contribution in [2.75, 3.05) is 0 Å². The van der Waals surface area contributed by atoms with E-state index in [4.69, 9.17) is 16.7 Å². The number of rotatable bonds is 2. The zero-order valence-electron chi connectivity index (χ0n) is 7.36. The minimum atomic E-state index is -1.80. The van der Waals surface area contributed by atoms with Crippen molar-refractivity contribution in [2.24, 2.45) is 0 Å². The van der Waals surface area contributed by atoms with Gasteiger partial charge in [-0.25, -0.2) is 4.79 Å². The molecule has 76 valence electrons. The molecule has 3 N–H and O–H groups in total. The summed E-state index contributed by atoms with van der Waals surface area (Å²) in [6, 6.07) is 2.97. The van der Waals surface area contributed by atoms with Gasteiger partial charge in [-0.05, 0) is 18.6 Å². The summed E-state index contributed by atoms with van der Waals surface area (Å²) >= 11 is 5.66. The van der Waals surface area contributed by atoms with E-state index in [1.165, 1.54) is 12.1 Å². The van der Waals surface area contributed by atoms with Crippen LogP contribution in [0.4, 0.5) is 0 Å². The molecule has 0 bridgehead atoms. The van der Waals surface area contributed by atoms with Crippen LogP contribution >= 0.6 is 11.6 Å². The molecule has 0 saturated heterocycles. The molecule has 0 radical (unpaired) electrons. The summed E-state index contributed by atoms with van der Waals surface area (Å²) in [6.07, 6.45) is -1.80. The number of carboxylic acid groups (broad SMARTS) is 1. The van der Waals surface area contributed by atoms with Crippen molar-refractivity contribution in [3.05, 3.63) is 28.3 Å². The first kappa shape index (κ1) is 10.8. The lowest BCUT2D eigenvalue weighted by molar-refractivity contribution is -0.147. The Bertz CT molecular complexity index is 375. The first-order valence-corrected chi connectivity index (χ1v) is 4.21. The van der Waals surface area contributed by atoms with E-state index < -0.39 is 12.1 Å². The SMILES string of the molecule is Cc1ccc(Cl)c(C(O)C(=O)O)c1O. The number of aliphatic hydroxyl groups is 1. The molecule has 1 aromatic carbocycles. The van der Waals surface area contributed by atoms with Gasteiger partial charge in [0.1, 0.15) is 5.75 Å². The van der Waals surface area contributed by atoms with E-state index >= 15 is 0 Å². The van der Waals surface area contributed by atoms with Crippen molar-refractivity contribution < 1.29 is 20.1 Å². The third-order valence-corrected chi connectivity index (χ3v) is 2.20. The number of hydrogen-bond donors (Lipinski definition) is 3. The fourth-order valence-electron chi connectivity index (χ4n) is 1.08. The molecule has 0 aromatic heterocycles. The van der Waals surface area contributed by atoms with E-state index in [-0.39, 0.29) is 16.3 Å². The van der Waals surface area contributed by atoms with E-state index in [1.54, 1.807) is 6.92 Å². The van der Waals surface area contributed by atoms with Crippen molar-refractivity contribution in [3.63, 3.8) is 0 Å². The summed E-state index contributed by atoms with van der Waals surface area (Å²) in [6.45, 7) is 1.59. The van der Waals surface area contributed by atoms with Gasteiger partial charge < -0.3 is 15.3 Å². The number of phenolic OH excluding ortho intramolecular Hbond substituents is 1. The quantitative estimate of drug-likeness (QED) is 0.700. The summed E-state index contributed by atoms with van der Waals surface area (Å²) in [5.74, 6) is -1.74. The van der Waals surface area contributed by atoms with E-state index in [1.807, 2.05) is 0 Å². The molecule has 0 aliphatic rings. The summed E-state index contributed by atoms with van der Waals surface area (Å²) in [5.41, 5.74) is 0.295. The highest BCUT2D eigenvalue weighted by atomic mass is 35.5. The van der Waals surface area contributed by atoms with Crippen LogP contribution in [0.5, 0.6) is 5.75 Å². The third-order valence-electron chi connectivity index (χ3n) is 1.87. The number of carbonyl (C=O) groups is 1. The van der Waals surface area contributed by atoms with E-state index in [9.17, 15) is 15.0 Å². The predicted octanol–water partition coefficient (Wildman–Crippen LogP) is 1.47. The number of aliphatic carboxylic acids is 1. The number of carboxylic acids is 1. The second kappa shape index (κ2) is 3.86. The molecular formula is C9H9ClO4. The van der Waals surface area contributed by atoms with Gasteiger partial charge in [0.25, 0.3) is 0 Å². The molecule has 0 heterocycles. The van der Waals surface area contributed by atoms with Crippen LogP contribution in [0, 0.1) is 6.92 Å². The van der Waals surface area contributed by atoms with Gasteiger partial charge in [-0.1, -0.05) is 17.7 Å². The van der Waals surface area contributed by atoms with Gasteiger partial charge in [0.15, 0.2) is 6.10 Å². The van der Waals surface area contributed by atoms with E-state index in [0.29, 0.717) is 5.56 Å². The van der Waals surface area contributed by atoms with Crippen LogP contribution in [0.1, 0.15) is 17.2 Å². The number of aryl methyl sites for hydroxylation is 1. The highest BCUT2D eigenvalue weighted by Crippen LogP contribution is 2.34. The lowest BCUT2D eigenvalue weighted by Crippen LogP contribution is -2.11. The number of halogens is 1. The minimum Gasteiger partial charge on any atom is -0.507 e. The topological polar surface area (TPSA) is 77.8 Å². The Labute approximate surface area is 85.4 Å². The second-order valence-corrected chi connectivity index (χ2v) is 3.27. The van der Waals surface area contributed by atoms with Crippen molar-refractivity contribution >= 4 is 17.6 Å².